The van der Waals surface area contributed by atoms with Crippen molar-refractivity contribution in [3.63, 3.8) is 0 Å². The molecule has 0 amide bonds. The zero-order valence-electron chi connectivity index (χ0n) is 42.7. The third-order valence-corrected chi connectivity index (χ3v) is 15.8. The second-order valence-corrected chi connectivity index (χ2v) is 21.4. The van der Waals surface area contributed by atoms with Crippen LogP contribution in [0.3, 0.4) is 0 Å². The van der Waals surface area contributed by atoms with Crippen molar-refractivity contribution in [2.45, 2.75) is 66.2 Å². The van der Waals surface area contributed by atoms with Crippen molar-refractivity contribution in [3.05, 3.63) is 263 Å². The lowest BCUT2D eigenvalue weighted by Crippen LogP contribution is -2.17. The van der Waals surface area contributed by atoms with Crippen molar-refractivity contribution in [2.24, 2.45) is 0 Å². The summed E-state index contributed by atoms with van der Waals surface area (Å²) in [5.74, 6) is 0. The summed E-state index contributed by atoms with van der Waals surface area (Å²) < 4.78 is 0. The monoisotopic (exact) mass is 928 g/mol. The van der Waals surface area contributed by atoms with Crippen LogP contribution in [0.2, 0.25) is 0 Å². The second kappa shape index (κ2) is 17.3. The van der Waals surface area contributed by atoms with Gasteiger partial charge in [0, 0.05) is 45.0 Å². The first-order chi connectivity index (χ1) is 34.8. The highest BCUT2D eigenvalue weighted by molar-refractivity contribution is 5.90. The fourth-order valence-electron chi connectivity index (χ4n) is 11.5. The molecule has 350 valence electrons. The minimum Gasteiger partial charge on any atom is -0.311 e. The van der Waals surface area contributed by atoms with Crippen molar-refractivity contribution in [1.82, 2.24) is 0 Å². The summed E-state index contributed by atoms with van der Waals surface area (Å²) in [7, 11) is 0. The van der Waals surface area contributed by atoms with Crippen molar-refractivity contribution in [3.8, 4) is 55.6 Å². The zero-order valence-corrected chi connectivity index (χ0v) is 42.7. The van der Waals surface area contributed by atoms with Crippen LogP contribution in [0.4, 0.5) is 34.1 Å². The smallest absolute Gasteiger partial charge is 0.0465 e. The van der Waals surface area contributed by atoms with Gasteiger partial charge in [-0.1, -0.05) is 177 Å². The van der Waals surface area contributed by atoms with E-state index in [4.69, 9.17) is 0 Å². The Labute approximate surface area is 426 Å². The molecule has 10 aromatic carbocycles. The highest BCUT2D eigenvalue weighted by Crippen LogP contribution is 2.54. The lowest BCUT2D eigenvalue weighted by molar-refractivity contribution is 0.659. The van der Waals surface area contributed by atoms with E-state index in [2.05, 4.69) is 284 Å². The minimum atomic E-state index is -0.180. The highest BCUT2D eigenvalue weighted by Gasteiger charge is 2.38. The van der Waals surface area contributed by atoms with Gasteiger partial charge in [-0.3, -0.25) is 0 Å². The number of hydrogen-bond acceptors (Lipinski definition) is 2. The normalized spacial score (nSPS) is 13.5. The number of rotatable bonds is 9. The molecule has 12 rings (SSSR count). The Morgan fingerprint density at radius 3 is 0.764 bits per heavy atom. The molecule has 0 N–H and O–H groups in total. The number of anilines is 6. The number of benzene rings is 10. The first kappa shape index (κ1) is 45.0. The molecule has 0 spiro atoms. The maximum absolute atomic E-state index is 2.46. The largest absolute Gasteiger partial charge is 0.311 e. The fraction of sp³-hybridized carbons (Fsp3) is 0.143. The molecule has 2 nitrogen and oxygen atoms in total. The Morgan fingerprint density at radius 1 is 0.222 bits per heavy atom. The predicted molar refractivity (Wildman–Crippen MR) is 306 cm³/mol. The van der Waals surface area contributed by atoms with E-state index in [1.165, 1.54) is 106 Å². The standard InChI is InChI=1S/C70H60N2/c1-45-9-26-55(27-10-45)71(56-28-11-46(2)12-29-56)59-34-21-50(22-35-59)49-17-19-51(20-18-49)52-23-37-61-62-38-24-53(42-66(62)69(5,6)65(61)41-52)54-25-39-63-64-40-36-60(44-68(64)70(7,8)67(63)43-54)72(57-30-13-47(3)14-31-57)58-32-15-48(4)16-33-58/h9-44H,1-8H3. The molecule has 2 aliphatic rings. The topological polar surface area (TPSA) is 6.48 Å². The molecule has 10 aromatic rings. The third kappa shape index (κ3) is 7.74. The van der Waals surface area contributed by atoms with Gasteiger partial charge in [-0.15, -0.1) is 0 Å². The molecule has 0 unspecified atom stereocenters. The summed E-state index contributed by atoms with van der Waals surface area (Å²) >= 11 is 0. The lowest BCUT2D eigenvalue weighted by Gasteiger charge is -2.28. The van der Waals surface area contributed by atoms with E-state index >= 15 is 0 Å². The van der Waals surface area contributed by atoms with Crippen LogP contribution in [0.1, 0.15) is 72.2 Å². The highest BCUT2D eigenvalue weighted by atomic mass is 15.1. The predicted octanol–water partition coefficient (Wildman–Crippen LogP) is 19.5. The van der Waals surface area contributed by atoms with Crippen LogP contribution >= 0.6 is 0 Å². The van der Waals surface area contributed by atoms with Crippen LogP contribution in [0, 0.1) is 27.7 Å². The SMILES string of the molecule is Cc1ccc(N(c2ccc(C)cc2)c2ccc(-c3ccc(-c4ccc5c(c4)C(C)(C)c4cc(-c6ccc7c(c6)C(C)(C)c6cc(N(c8ccc(C)cc8)c8ccc(C)cc8)ccc6-7)ccc4-5)cc3)cc2)cc1. The van der Waals surface area contributed by atoms with E-state index < -0.39 is 0 Å². The molecule has 72 heavy (non-hydrogen) atoms. The van der Waals surface area contributed by atoms with Crippen molar-refractivity contribution >= 4 is 34.1 Å². The average molecular weight is 929 g/mol. The molecular weight excluding hydrogens is 869 g/mol. The maximum Gasteiger partial charge on any atom is 0.0465 e. The molecule has 0 aromatic heterocycles. The first-order valence-corrected chi connectivity index (χ1v) is 25.5. The summed E-state index contributed by atoms with van der Waals surface area (Å²) in [5.41, 5.74) is 29.8. The summed E-state index contributed by atoms with van der Waals surface area (Å²) in [6.07, 6.45) is 0. The van der Waals surface area contributed by atoms with Crippen LogP contribution in [-0.4, -0.2) is 0 Å². The maximum atomic E-state index is 2.46. The molecule has 0 fully saturated rings. The number of nitrogens with zero attached hydrogens (tertiary/aromatic N) is 2. The Bertz CT molecular complexity index is 3580. The van der Waals surface area contributed by atoms with Crippen molar-refractivity contribution in [2.75, 3.05) is 9.80 Å². The molecule has 0 heterocycles. The van der Waals surface area contributed by atoms with Crippen molar-refractivity contribution in [1.29, 1.82) is 0 Å². The Balaban J connectivity index is 0.799. The van der Waals surface area contributed by atoms with Gasteiger partial charge < -0.3 is 9.80 Å². The Hall–Kier alpha value is -8.20. The Kier molecular flexibility index (Phi) is 10.8. The van der Waals surface area contributed by atoms with E-state index in [1.807, 2.05) is 0 Å². The van der Waals surface area contributed by atoms with E-state index in [1.54, 1.807) is 0 Å². The van der Waals surface area contributed by atoms with Gasteiger partial charge >= 0.3 is 0 Å². The van der Waals surface area contributed by atoms with E-state index in [0.717, 1.165) is 28.4 Å². The van der Waals surface area contributed by atoms with Crippen LogP contribution in [-0.2, 0) is 10.8 Å². The van der Waals surface area contributed by atoms with Gasteiger partial charge in [0.2, 0.25) is 0 Å². The van der Waals surface area contributed by atoms with Gasteiger partial charge in [0.15, 0.2) is 0 Å². The summed E-state index contributed by atoms with van der Waals surface area (Å²) in [4.78, 5) is 4.72. The quantitative estimate of drug-likeness (QED) is 0.142. The molecule has 0 saturated carbocycles. The molecule has 0 aliphatic heterocycles. The third-order valence-electron chi connectivity index (χ3n) is 15.8. The summed E-state index contributed by atoms with van der Waals surface area (Å²) in [6.45, 7) is 18.2. The molecule has 0 radical (unpaired) electrons. The molecule has 2 heteroatoms. The van der Waals surface area contributed by atoms with Crippen LogP contribution < -0.4 is 9.80 Å². The summed E-state index contributed by atoms with van der Waals surface area (Å²) in [5, 5.41) is 0. The molecule has 2 aliphatic carbocycles. The lowest BCUT2D eigenvalue weighted by atomic mass is 9.80. The molecule has 0 atom stereocenters. The number of hydrogen-bond donors (Lipinski definition) is 0. The first-order valence-electron chi connectivity index (χ1n) is 25.5. The van der Waals surface area contributed by atoms with E-state index in [9.17, 15) is 0 Å². The van der Waals surface area contributed by atoms with Crippen LogP contribution in [0.5, 0.6) is 0 Å². The average Bonchev–Trinajstić information content (AvgIpc) is 3.77. The van der Waals surface area contributed by atoms with Gasteiger partial charge in [0.1, 0.15) is 0 Å². The number of fused-ring (bicyclic) bond motifs is 6. The van der Waals surface area contributed by atoms with Gasteiger partial charge in [-0.05, 0) is 197 Å². The van der Waals surface area contributed by atoms with Gasteiger partial charge in [0.05, 0.1) is 0 Å². The van der Waals surface area contributed by atoms with Gasteiger partial charge in [-0.2, -0.15) is 0 Å². The number of aryl methyl sites for hydroxylation is 4. The van der Waals surface area contributed by atoms with Gasteiger partial charge in [-0.25, -0.2) is 0 Å². The fourth-order valence-corrected chi connectivity index (χ4v) is 11.5. The van der Waals surface area contributed by atoms with Gasteiger partial charge in [0.25, 0.3) is 0 Å². The van der Waals surface area contributed by atoms with Crippen molar-refractivity contribution < 1.29 is 0 Å². The molecule has 0 saturated heterocycles. The van der Waals surface area contributed by atoms with E-state index in [-0.39, 0.29) is 10.8 Å². The molecular formula is C70H60N2. The van der Waals surface area contributed by atoms with Crippen LogP contribution in [0.15, 0.2) is 218 Å². The Morgan fingerprint density at radius 2 is 0.431 bits per heavy atom. The minimum absolute atomic E-state index is 0.160. The van der Waals surface area contributed by atoms with E-state index in [0.29, 0.717) is 0 Å². The summed E-state index contributed by atoms with van der Waals surface area (Å²) in [6, 6.07) is 81.8. The van der Waals surface area contributed by atoms with Crippen LogP contribution in [0.25, 0.3) is 55.6 Å². The zero-order chi connectivity index (χ0) is 49.5. The molecule has 0 bridgehead atoms. The second-order valence-electron chi connectivity index (χ2n) is 21.4.